The van der Waals surface area contributed by atoms with Crippen LogP contribution in [0.4, 0.5) is 4.79 Å². The van der Waals surface area contributed by atoms with E-state index in [2.05, 4.69) is 11.9 Å². The fourth-order valence-electron chi connectivity index (χ4n) is 1.51. The second-order valence-corrected chi connectivity index (χ2v) is 4.11. The summed E-state index contributed by atoms with van der Waals surface area (Å²) >= 11 is 0. The molecule has 0 aromatic rings. The van der Waals surface area contributed by atoms with Crippen LogP contribution in [0.25, 0.3) is 0 Å². The normalized spacial score (nSPS) is 13.5. The lowest BCUT2D eigenvalue weighted by atomic mass is 10.4. The number of carbonyl (C=O) groups excluding carboxylic acids is 2. The number of nitrogens with one attached hydrogen (secondary N) is 1. The van der Waals surface area contributed by atoms with Crippen molar-refractivity contribution in [2.24, 2.45) is 0 Å². The van der Waals surface area contributed by atoms with E-state index in [1.807, 2.05) is 25.7 Å². The van der Waals surface area contributed by atoms with Crippen molar-refractivity contribution in [2.75, 3.05) is 19.7 Å². The van der Waals surface area contributed by atoms with Crippen molar-refractivity contribution < 1.29 is 19.1 Å². The van der Waals surface area contributed by atoms with Crippen LogP contribution in [-0.2, 0) is 14.3 Å². The molecule has 0 radical (unpaired) electrons. The third-order valence-corrected chi connectivity index (χ3v) is 2.61. The predicted octanol–water partition coefficient (Wildman–Crippen LogP) is 1.52. The van der Waals surface area contributed by atoms with Crippen molar-refractivity contribution in [3.05, 3.63) is 12.7 Å². The molecule has 0 spiro atoms. The summed E-state index contributed by atoms with van der Waals surface area (Å²) in [5.74, 6) is -0.515. The van der Waals surface area contributed by atoms with Gasteiger partial charge in [0, 0.05) is 6.08 Å². The SMILES string of the molecule is C=CC(=O)OCC(C)NC(=O)OC(C)N(CC)CC. The van der Waals surface area contributed by atoms with Crippen molar-refractivity contribution in [3.63, 3.8) is 0 Å². The number of carbonyl (C=O) groups is 2. The van der Waals surface area contributed by atoms with E-state index in [4.69, 9.17) is 9.47 Å². The zero-order valence-corrected chi connectivity index (χ0v) is 12.1. The van der Waals surface area contributed by atoms with Gasteiger partial charge >= 0.3 is 12.1 Å². The Balaban J connectivity index is 4.02. The number of rotatable bonds is 8. The van der Waals surface area contributed by atoms with Crippen LogP contribution in [0.5, 0.6) is 0 Å². The molecule has 0 aromatic heterocycles. The van der Waals surface area contributed by atoms with Gasteiger partial charge in [0.25, 0.3) is 0 Å². The molecule has 6 heteroatoms. The molecule has 0 aliphatic carbocycles. The van der Waals surface area contributed by atoms with Crippen LogP contribution in [0.3, 0.4) is 0 Å². The maximum atomic E-state index is 11.6. The van der Waals surface area contributed by atoms with Crippen LogP contribution in [0.15, 0.2) is 12.7 Å². The first-order chi connectivity index (χ1) is 8.94. The molecule has 0 aliphatic rings. The second kappa shape index (κ2) is 9.38. The Morgan fingerprint density at radius 1 is 1.32 bits per heavy atom. The average Bonchev–Trinajstić information content (AvgIpc) is 2.37. The molecule has 0 aromatic carbocycles. The van der Waals surface area contributed by atoms with Gasteiger partial charge in [0.1, 0.15) is 6.61 Å². The first kappa shape index (κ1) is 17.4. The van der Waals surface area contributed by atoms with Gasteiger partial charge in [-0.25, -0.2) is 9.59 Å². The van der Waals surface area contributed by atoms with Gasteiger partial charge < -0.3 is 14.8 Å². The number of alkyl carbamates (subject to hydrolysis) is 1. The van der Waals surface area contributed by atoms with E-state index < -0.39 is 12.1 Å². The maximum absolute atomic E-state index is 11.6. The van der Waals surface area contributed by atoms with Gasteiger partial charge in [-0.2, -0.15) is 0 Å². The number of ether oxygens (including phenoxy) is 2. The third kappa shape index (κ3) is 7.46. The standard InChI is InChI=1S/C13H24N2O4/c1-6-12(16)18-9-10(4)14-13(17)19-11(5)15(7-2)8-3/h6,10-11H,1,7-9H2,2-5H3,(H,14,17). The number of amides is 1. The van der Waals surface area contributed by atoms with Crippen molar-refractivity contribution in [3.8, 4) is 0 Å². The fraction of sp³-hybridized carbons (Fsp3) is 0.692. The van der Waals surface area contributed by atoms with Gasteiger partial charge in [-0.1, -0.05) is 20.4 Å². The van der Waals surface area contributed by atoms with E-state index in [1.165, 1.54) is 0 Å². The Bertz CT molecular complexity index is 303. The molecule has 0 heterocycles. The zero-order chi connectivity index (χ0) is 14.8. The molecule has 0 fully saturated rings. The van der Waals surface area contributed by atoms with E-state index in [-0.39, 0.29) is 18.9 Å². The summed E-state index contributed by atoms with van der Waals surface area (Å²) in [5, 5.41) is 2.59. The van der Waals surface area contributed by atoms with E-state index in [0.717, 1.165) is 19.2 Å². The highest BCUT2D eigenvalue weighted by atomic mass is 16.6. The van der Waals surface area contributed by atoms with Crippen LogP contribution in [0, 0.1) is 0 Å². The second-order valence-electron chi connectivity index (χ2n) is 4.11. The summed E-state index contributed by atoms with van der Waals surface area (Å²) in [6, 6.07) is -0.319. The fourth-order valence-corrected chi connectivity index (χ4v) is 1.51. The molecule has 0 bridgehead atoms. The van der Waals surface area contributed by atoms with Crippen LogP contribution in [-0.4, -0.2) is 48.9 Å². The lowest BCUT2D eigenvalue weighted by Gasteiger charge is -2.26. The molecule has 0 saturated carbocycles. The summed E-state index contributed by atoms with van der Waals surface area (Å²) in [6.07, 6.45) is 0.257. The van der Waals surface area contributed by atoms with Crippen molar-refractivity contribution in [1.82, 2.24) is 10.2 Å². The maximum Gasteiger partial charge on any atom is 0.409 e. The minimum absolute atomic E-state index is 0.0829. The topological polar surface area (TPSA) is 67.9 Å². The molecule has 1 N–H and O–H groups in total. The van der Waals surface area contributed by atoms with Gasteiger partial charge in [0.2, 0.25) is 0 Å². The number of hydrogen-bond acceptors (Lipinski definition) is 5. The van der Waals surface area contributed by atoms with Crippen molar-refractivity contribution >= 4 is 12.1 Å². The Morgan fingerprint density at radius 2 is 1.89 bits per heavy atom. The summed E-state index contributed by atoms with van der Waals surface area (Å²) in [6.45, 7) is 12.5. The lowest BCUT2D eigenvalue weighted by Crippen LogP contribution is -2.42. The number of esters is 1. The van der Waals surface area contributed by atoms with Gasteiger partial charge in [-0.3, -0.25) is 4.90 Å². The van der Waals surface area contributed by atoms with E-state index in [1.54, 1.807) is 6.92 Å². The van der Waals surface area contributed by atoms with E-state index in [9.17, 15) is 9.59 Å². The molecule has 19 heavy (non-hydrogen) atoms. The van der Waals surface area contributed by atoms with Crippen LogP contribution in [0.2, 0.25) is 0 Å². The smallest absolute Gasteiger partial charge is 0.409 e. The summed E-state index contributed by atoms with van der Waals surface area (Å²) < 4.78 is 10.0. The van der Waals surface area contributed by atoms with Gasteiger partial charge in [0.15, 0.2) is 6.23 Å². The highest BCUT2D eigenvalue weighted by Crippen LogP contribution is 2.00. The molecule has 2 unspecified atom stereocenters. The molecule has 1 amide bonds. The molecule has 6 nitrogen and oxygen atoms in total. The largest absolute Gasteiger partial charge is 0.460 e. The van der Waals surface area contributed by atoms with Crippen LogP contribution in [0.1, 0.15) is 27.7 Å². The van der Waals surface area contributed by atoms with Gasteiger partial charge in [-0.05, 0) is 26.9 Å². The summed E-state index contributed by atoms with van der Waals surface area (Å²) in [4.78, 5) is 24.5. The van der Waals surface area contributed by atoms with Crippen LogP contribution < -0.4 is 5.32 Å². The van der Waals surface area contributed by atoms with Crippen molar-refractivity contribution in [2.45, 2.75) is 40.0 Å². The minimum atomic E-state index is -0.526. The molecule has 0 aliphatic heterocycles. The first-order valence-electron chi connectivity index (χ1n) is 6.44. The van der Waals surface area contributed by atoms with Gasteiger partial charge in [0.05, 0.1) is 6.04 Å². The molecule has 0 rings (SSSR count). The number of hydrogen-bond donors (Lipinski definition) is 1. The number of nitrogens with zero attached hydrogens (tertiary/aromatic N) is 1. The summed E-state index contributed by atoms with van der Waals surface area (Å²) in [7, 11) is 0. The molecular weight excluding hydrogens is 248 g/mol. The summed E-state index contributed by atoms with van der Waals surface area (Å²) in [5.41, 5.74) is 0. The molecular formula is C13H24N2O4. The molecule has 110 valence electrons. The highest BCUT2D eigenvalue weighted by Gasteiger charge is 2.16. The zero-order valence-electron chi connectivity index (χ0n) is 12.1. The van der Waals surface area contributed by atoms with Crippen LogP contribution >= 0.6 is 0 Å². The minimum Gasteiger partial charge on any atom is -0.460 e. The Kier molecular flexibility index (Phi) is 8.61. The molecule has 2 atom stereocenters. The Labute approximate surface area is 114 Å². The third-order valence-electron chi connectivity index (χ3n) is 2.61. The van der Waals surface area contributed by atoms with E-state index >= 15 is 0 Å². The molecule has 0 saturated heterocycles. The lowest BCUT2D eigenvalue weighted by molar-refractivity contribution is -0.138. The highest BCUT2D eigenvalue weighted by molar-refractivity contribution is 5.81. The van der Waals surface area contributed by atoms with Crippen molar-refractivity contribution in [1.29, 1.82) is 0 Å². The van der Waals surface area contributed by atoms with Gasteiger partial charge in [-0.15, -0.1) is 0 Å². The average molecular weight is 272 g/mol. The first-order valence-corrected chi connectivity index (χ1v) is 6.44. The monoisotopic (exact) mass is 272 g/mol. The predicted molar refractivity (Wildman–Crippen MR) is 72.6 cm³/mol. The Morgan fingerprint density at radius 3 is 2.37 bits per heavy atom. The quantitative estimate of drug-likeness (QED) is 0.412. The Hall–Kier alpha value is -1.56. The van der Waals surface area contributed by atoms with E-state index in [0.29, 0.717) is 0 Å².